The summed E-state index contributed by atoms with van der Waals surface area (Å²) in [6.07, 6.45) is 9.17. The molecule has 1 fully saturated rings. The second-order valence-electron chi connectivity index (χ2n) is 6.17. The molecular formula is C15H20ClN5O3S. The van der Waals surface area contributed by atoms with Crippen LogP contribution < -0.4 is 5.32 Å². The lowest BCUT2D eigenvalue weighted by Gasteiger charge is -2.33. The number of piperidine rings is 1. The minimum Gasteiger partial charge on any atom is -0.351 e. The second-order valence-corrected chi connectivity index (χ2v) is 8.54. The number of carbonyl (C=O) groups is 1. The number of imidazole rings is 1. The van der Waals surface area contributed by atoms with E-state index < -0.39 is 10.0 Å². The van der Waals surface area contributed by atoms with Crippen LogP contribution in [0.2, 0.25) is 5.02 Å². The van der Waals surface area contributed by atoms with E-state index in [0.29, 0.717) is 30.3 Å². The number of halogens is 1. The van der Waals surface area contributed by atoms with E-state index in [4.69, 9.17) is 11.6 Å². The molecule has 136 valence electrons. The van der Waals surface area contributed by atoms with Gasteiger partial charge in [0.25, 0.3) is 5.91 Å². The normalized spacial score (nSPS) is 19.2. The van der Waals surface area contributed by atoms with E-state index in [-0.39, 0.29) is 17.6 Å². The summed E-state index contributed by atoms with van der Waals surface area (Å²) >= 11 is 5.86. The zero-order valence-electron chi connectivity index (χ0n) is 13.9. The Bertz CT molecular complexity index is 882. The highest BCUT2D eigenvalue weighted by atomic mass is 35.5. The molecule has 25 heavy (non-hydrogen) atoms. The molecule has 0 saturated carbocycles. The largest absolute Gasteiger partial charge is 0.351 e. The van der Waals surface area contributed by atoms with Crippen molar-refractivity contribution in [3.05, 3.63) is 29.3 Å². The number of fused-ring (bicyclic) bond motifs is 1. The maximum absolute atomic E-state index is 12.2. The van der Waals surface area contributed by atoms with E-state index in [1.54, 1.807) is 21.1 Å². The van der Waals surface area contributed by atoms with Crippen LogP contribution in [0.3, 0.4) is 0 Å². The number of aromatic nitrogens is 3. The van der Waals surface area contributed by atoms with Crippen molar-refractivity contribution in [3.63, 3.8) is 0 Å². The summed E-state index contributed by atoms with van der Waals surface area (Å²) in [6.45, 7) is 0.938. The van der Waals surface area contributed by atoms with Crippen LogP contribution >= 0.6 is 11.6 Å². The maximum atomic E-state index is 12.2. The highest BCUT2D eigenvalue weighted by Crippen LogP contribution is 2.21. The van der Waals surface area contributed by atoms with Crippen molar-refractivity contribution in [3.8, 4) is 0 Å². The van der Waals surface area contributed by atoms with E-state index in [9.17, 15) is 13.2 Å². The fourth-order valence-electron chi connectivity index (χ4n) is 3.11. The summed E-state index contributed by atoms with van der Waals surface area (Å²) in [6, 6.07) is -0.0643. The second kappa shape index (κ2) is 7.27. The summed E-state index contributed by atoms with van der Waals surface area (Å²) in [5.74, 6) is 0.0772. The Kier molecular flexibility index (Phi) is 5.26. The number of sulfonamides is 1. The SMILES string of the molecule is CS(=O)(=O)N1CCCC[C@@H]1CCNC(=O)c1cn2cc(Cl)cnc2n1. The quantitative estimate of drug-likeness (QED) is 0.837. The number of hydrogen-bond donors (Lipinski definition) is 1. The fraction of sp³-hybridized carbons (Fsp3) is 0.533. The summed E-state index contributed by atoms with van der Waals surface area (Å²) < 4.78 is 26.8. The molecule has 3 heterocycles. The molecule has 0 spiro atoms. The van der Waals surface area contributed by atoms with Crippen LogP contribution in [0.1, 0.15) is 36.2 Å². The number of nitrogens with one attached hydrogen (secondary N) is 1. The third-order valence-electron chi connectivity index (χ3n) is 4.27. The minimum absolute atomic E-state index is 0.0643. The fourth-order valence-corrected chi connectivity index (χ4v) is 4.48. The van der Waals surface area contributed by atoms with Gasteiger partial charge in [0.15, 0.2) is 0 Å². The predicted molar refractivity (Wildman–Crippen MR) is 94.1 cm³/mol. The van der Waals surface area contributed by atoms with Crippen molar-refractivity contribution in [1.82, 2.24) is 24.0 Å². The number of nitrogens with zero attached hydrogens (tertiary/aromatic N) is 4. The van der Waals surface area contributed by atoms with E-state index in [1.165, 1.54) is 12.5 Å². The Balaban J connectivity index is 1.59. The molecule has 2 aromatic heterocycles. The molecule has 1 saturated heterocycles. The molecule has 1 N–H and O–H groups in total. The highest BCUT2D eigenvalue weighted by molar-refractivity contribution is 7.88. The molecule has 1 atom stereocenters. The summed E-state index contributed by atoms with van der Waals surface area (Å²) in [5, 5.41) is 3.25. The summed E-state index contributed by atoms with van der Waals surface area (Å²) in [5.41, 5.74) is 0.249. The topological polar surface area (TPSA) is 96.7 Å². The van der Waals surface area contributed by atoms with Gasteiger partial charge in [-0.3, -0.25) is 9.20 Å². The molecule has 3 rings (SSSR count). The molecule has 0 aromatic carbocycles. The first-order valence-corrected chi connectivity index (χ1v) is 10.3. The summed E-state index contributed by atoms with van der Waals surface area (Å²) in [7, 11) is -3.22. The van der Waals surface area contributed by atoms with Crippen molar-refractivity contribution < 1.29 is 13.2 Å². The van der Waals surface area contributed by atoms with Gasteiger partial charge in [-0.15, -0.1) is 0 Å². The molecule has 8 nitrogen and oxygen atoms in total. The van der Waals surface area contributed by atoms with Gasteiger partial charge in [0, 0.05) is 31.5 Å². The lowest BCUT2D eigenvalue weighted by molar-refractivity contribution is 0.0945. The first-order valence-electron chi connectivity index (χ1n) is 8.10. The lowest BCUT2D eigenvalue weighted by Crippen LogP contribution is -2.44. The van der Waals surface area contributed by atoms with Crippen LogP contribution in [0.25, 0.3) is 5.78 Å². The van der Waals surface area contributed by atoms with Crippen molar-refractivity contribution in [2.75, 3.05) is 19.3 Å². The van der Waals surface area contributed by atoms with Crippen LogP contribution in [0.5, 0.6) is 0 Å². The van der Waals surface area contributed by atoms with Gasteiger partial charge in [0.1, 0.15) is 5.69 Å². The van der Waals surface area contributed by atoms with Gasteiger partial charge < -0.3 is 5.32 Å². The molecule has 0 unspecified atom stereocenters. The van der Waals surface area contributed by atoms with Crippen molar-refractivity contribution in [2.45, 2.75) is 31.7 Å². The van der Waals surface area contributed by atoms with Gasteiger partial charge in [-0.05, 0) is 19.3 Å². The number of carbonyl (C=O) groups excluding carboxylic acids is 1. The van der Waals surface area contributed by atoms with Crippen LogP contribution in [-0.4, -0.2) is 58.4 Å². The zero-order valence-corrected chi connectivity index (χ0v) is 15.4. The number of amides is 1. The average Bonchev–Trinajstić information content (AvgIpc) is 2.97. The Morgan fingerprint density at radius 3 is 2.96 bits per heavy atom. The highest BCUT2D eigenvalue weighted by Gasteiger charge is 2.29. The van der Waals surface area contributed by atoms with Crippen LogP contribution in [0.15, 0.2) is 18.6 Å². The first-order chi connectivity index (χ1) is 11.8. The standard InChI is InChI=1S/C15H20ClN5O3S/c1-25(23,24)21-7-3-2-4-12(21)5-6-17-14(22)13-10-20-9-11(16)8-18-15(20)19-13/h8-10,12H,2-7H2,1H3,(H,17,22)/t12-/m1/s1. The maximum Gasteiger partial charge on any atom is 0.271 e. The van der Waals surface area contributed by atoms with Crippen LogP contribution in [0, 0.1) is 0 Å². The minimum atomic E-state index is -3.22. The molecule has 0 aliphatic carbocycles. The first kappa shape index (κ1) is 18.1. The van der Waals surface area contributed by atoms with Crippen molar-refractivity contribution >= 4 is 33.3 Å². The molecular weight excluding hydrogens is 366 g/mol. The smallest absolute Gasteiger partial charge is 0.271 e. The predicted octanol–water partition coefficient (Wildman–Crippen LogP) is 1.32. The van der Waals surface area contributed by atoms with Gasteiger partial charge >= 0.3 is 0 Å². The Hall–Kier alpha value is -1.71. The Labute approximate surface area is 151 Å². The van der Waals surface area contributed by atoms with Gasteiger partial charge in [0.2, 0.25) is 15.8 Å². The number of rotatable bonds is 5. The molecule has 0 radical (unpaired) electrons. The number of hydrogen-bond acceptors (Lipinski definition) is 5. The zero-order chi connectivity index (χ0) is 18.0. The average molecular weight is 386 g/mol. The van der Waals surface area contributed by atoms with Crippen LogP contribution in [0.4, 0.5) is 0 Å². The molecule has 2 aromatic rings. The van der Waals surface area contributed by atoms with Gasteiger partial charge in [-0.25, -0.2) is 18.4 Å². The van der Waals surface area contributed by atoms with Crippen LogP contribution in [-0.2, 0) is 10.0 Å². The molecule has 0 bridgehead atoms. The Morgan fingerprint density at radius 2 is 2.20 bits per heavy atom. The molecule has 1 aliphatic heterocycles. The van der Waals surface area contributed by atoms with Gasteiger partial charge in [0.05, 0.1) is 17.5 Å². The van der Waals surface area contributed by atoms with Crippen molar-refractivity contribution in [2.24, 2.45) is 0 Å². The summed E-state index contributed by atoms with van der Waals surface area (Å²) in [4.78, 5) is 20.4. The molecule has 1 amide bonds. The lowest BCUT2D eigenvalue weighted by atomic mass is 10.0. The third kappa shape index (κ3) is 4.28. The monoisotopic (exact) mass is 385 g/mol. The van der Waals surface area contributed by atoms with Crippen molar-refractivity contribution in [1.29, 1.82) is 0 Å². The molecule has 1 aliphatic rings. The van der Waals surface area contributed by atoms with E-state index in [0.717, 1.165) is 19.3 Å². The van der Waals surface area contributed by atoms with Gasteiger partial charge in [-0.2, -0.15) is 4.31 Å². The van der Waals surface area contributed by atoms with E-state index >= 15 is 0 Å². The van der Waals surface area contributed by atoms with Gasteiger partial charge in [-0.1, -0.05) is 18.0 Å². The Morgan fingerprint density at radius 1 is 1.40 bits per heavy atom. The molecule has 10 heteroatoms. The van der Waals surface area contributed by atoms with E-state index in [2.05, 4.69) is 15.3 Å². The van der Waals surface area contributed by atoms with E-state index in [1.807, 2.05) is 0 Å². The third-order valence-corrected chi connectivity index (χ3v) is 5.80.